The van der Waals surface area contributed by atoms with Crippen molar-refractivity contribution in [1.29, 1.82) is 0 Å². The minimum Gasteiger partial charge on any atom is -0.367 e. The van der Waals surface area contributed by atoms with Crippen molar-refractivity contribution in [1.82, 2.24) is 4.98 Å². The van der Waals surface area contributed by atoms with Gasteiger partial charge in [-0.15, -0.1) is 0 Å². The largest absolute Gasteiger partial charge is 0.367 e. The number of H-pyrrole nitrogens is 1. The quantitative estimate of drug-likeness (QED) is 0.844. The molecule has 82 valence electrons. The Morgan fingerprint density at radius 3 is 2.38 bits per heavy atom. The van der Waals surface area contributed by atoms with Crippen LogP contribution in [0.1, 0.15) is 15.9 Å². The fourth-order valence-electron chi connectivity index (χ4n) is 1.37. The van der Waals surface area contributed by atoms with Crippen LogP contribution in [-0.4, -0.2) is 10.8 Å². The van der Waals surface area contributed by atoms with E-state index >= 15 is 0 Å². The van der Waals surface area contributed by atoms with E-state index in [0.29, 0.717) is 0 Å². The summed E-state index contributed by atoms with van der Waals surface area (Å²) in [5, 5.41) is 0. The number of carbonyl (C=O) groups is 1. The van der Waals surface area contributed by atoms with Gasteiger partial charge in [0.05, 0.1) is 5.56 Å². The second-order valence-electron chi connectivity index (χ2n) is 3.17. The standard InChI is InChI=1S/C11H6BrF2NO/c12-7-3-8(13)10(9(14)4-7)11(16)6-1-2-15-5-6/h1-5,15H. The number of ketones is 1. The van der Waals surface area contributed by atoms with Gasteiger partial charge in [-0.1, -0.05) is 15.9 Å². The van der Waals surface area contributed by atoms with Crippen LogP contribution in [0.5, 0.6) is 0 Å². The van der Waals surface area contributed by atoms with Gasteiger partial charge in [-0.05, 0) is 18.2 Å². The lowest BCUT2D eigenvalue weighted by atomic mass is 10.1. The highest BCUT2D eigenvalue weighted by molar-refractivity contribution is 9.10. The van der Waals surface area contributed by atoms with Crippen LogP contribution in [0.3, 0.4) is 0 Å². The predicted molar refractivity (Wildman–Crippen MR) is 58.3 cm³/mol. The fraction of sp³-hybridized carbons (Fsp3) is 0. The highest BCUT2D eigenvalue weighted by Gasteiger charge is 2.19. The average molecular weight is 286 g/mol. The third-order valence-corrected chi connectivity index (χ3v) is 2.55. The Bertz CT molecular complexity index is 514. The topological polar surface area (TPSA) is 32.9 Å². The monoisotopic (exact) mass is 285 g/mol. The number of hydrogen-bond donors (Lipinski definition) is 1. The van der Waals surface area contributed by atoms with Crippen LogP contribution < -0.4 is 0 Å². The van der Waals surface area contributed by atoms with Crippen molar-refractivity contribution in [2.45, 2.75) is 0 Å². The molecule has 0 fully saturated rings. The zero-order valence-electron chi connectivity index (χ0n) is 7.93. The molecule has 0 atom stereocenters. The smallest absolute Gasteiger partial charge is 0.200 e. The highest BCUT2D eigenvalue weighted by Crippen LogP contribution is 2.21. The van der Waals surface area contributed by atoms with Crippen molar-refractivity contribution in [2.24, 2.45) is 0 Å². The van der Waals surface area contributed by atoms with E-state index < -0.39 is 23.0 Å². The van der Waals surface area contributed by atoms with E-state index in [0.717, 1.165) is 12.1 Å². The molecule has 0 amide bonds. The molecule has 5 heteroatoms. The van der Waals surface area contributed by atoms with Gasteiger partial charge in [0.25, 0.3) is 0 Å². The Morgan fingerprint density at radius 2 is 1.88 bits per heavy atom. The number of aromatic nitrogens is 1. The first-order valence-corrected chi connectivity index (χ1v) is 5.21. The van der Waals surface area contributed by atoms with E-state index in [1.54, 1.807) is 0 Å². The highest BCUT2D eigenvalue weighted by atomic mass is 79.9. The molecule has 2 aromatic rings. The van der Waals surface area contributed by atoms with Crippen LogP contribution in [0.15, 0.2) is 35.1 Å². The van der Waals surface area contributed by atoms with Crippen LogP contribution >= 0.6 is 15.9 Å². The zero-order valence-corrected chi connectivity index (χ0v) is 9.51. The van der Waals surface area contributed by atoms with Gasteiger partial charge in [0, 0.05) is 22.4 Å². The number of benzene rings is 1. The molecule has 0 aliphatic rings. The van der Waals surface area contributed by atoms with Crippen molar-refractivity contribution in [3.8, 4) is 0 Å². The summed E-state index contributed by atoms with van der Waals surface area (Å²) >= 11 is 2.95. The van der Waals surface area contributed by atoms with E-state index in [1.807, 2.05) is 0 Å². The van der Waals surface area contributed by atoms with Crippen molar-refractivity contribution >= 4 is 21.7 Å². The van der Waals surface area contributed by atoms with Gasteiger partial charge in [0.1, 0.15) is 11.6 Å². The molecule has 1 heterocycles. The van der Waals surface area contributed by atoms with Crippen molar-refractivity contribution in [3.63, 3.8) is 0 Å². The second kappa shape index (κ2) is 4.17. The summed E-state index contributed by atoms with van der Waals surface area (Å²) in [6.07, 6.45) is 2.91. The number of carbonyl (C=O) groups excluding carboxylic acids is 1. The van der Waals surface area contributed by atoms with Gasteiger partial charge in [-0.25, -0.2) is 8.78 Å². The van der Waals surface area contributed by atoms with Gasteiger partial charge in [0.15, 0.2) is 5.78 Å². The van der Waals surface area contributed by atoms with Crippen molar-refractivity contribution in [2.75, 3.05) is 0 Å². The number of aromatic amines is 1. The first-order chi connectivity index (χ1) is 7.59. The lowest BCUT2D eigenvalue weighted by Crippen LogP contribution is -2.06. The summed E-state index contributed by atoms with van der Waals surface area (Å²) in [7, 11) is 0. The molecule has 1 aromatic heterocycles. The molecule has 0 spiro atoms. The predicted octanol–water partition coefficient (Wildman–Crippen LogP) is 3.29. The Balaban J connectivity index is 2.53. The van der Waals surface area contributed by atoms with Crippen LogP contribution in [0.25, 0.3) is 0 Å². The van der Waals surface area contributed by atoms with Gasteiger partial charge in [0.2, 0.25) is 0 Å². The first-order valence-electron chi connectivity index (χ1n) is 4.41. The third-order valence-electron chi connectivity index (χ3n) is 2.09. The lowest BCUT2D eigenvalue weighted by Gasteiger charge is -2.03. The number of nitrogens with one attached hydrogen (secondary N) is 1. The lowest BCUT2D eigenvalue weighted by molar-refractivity contribution is 0.103. The number of rotatable bonds is 2. The molecular weight excluding hydrogens is 280 g/mol. The summed E-state index contributed by atoms with van der Waals surface area (Å²) in [5.74, 6) is -2.43. The summed E-state index contributed by atoms with van der Waals surface area (Å²) in [4.78, 5) is 14.4. The molecular formula is C11H6BrF2NO. The second-order valence-corrected chi connectivity index (χ2v) is 4.09. The van der Waals surface area contributed by atoms with Gasteiger partial charge in [-0.2, -0.15) is 0 Å². The number of halogens is 3. The summed E-state index contributed by atoms with van der Waals surface area (Å²) in [6.45, 7) is 0. The molecule has 2 nitrogen and oxygen atoms in total. The SMILES string of the molecule is O=C(c1cc[nH]c1)c1c(F)cc(Br)cc1F. The van der Waals surface area contributed by atoms with E-state index in [4.69, 9.17) is 0 Å². The van der Waals surface area contributed by atoms with Crippen molar-refractivity contribution < 1.29 is 13.6 Å². The van der Waals surface area contributed by atoms with Gasteiger partial charge < -0.3 is 4.98 Å². The first kappa shape index (κ1) is 11.0. The Kier molecular flexibility index (Phi) is 2.87. The number of hydrogen-bond acceptors (Lipinski definition) is 1. The maximum atomic E-state index is 13.5. The maximum Gasteiger partial charge on any atom is 0.200 e. The summed E-state index contributed by atoms with van der Waals surface area (Å²) < 4.78 is 27.2. The third kappa shape index (κ3) is 1.90. The molecule has 1 aromatic carbocycles. The average Bonchev–Trinajstić information content (AvgIpc) is 2.67. The molecule has 0 saturated carbocycles. The van der Waals surface area contributed by atoms with E-state index in [-0.39, 0.29) is 10.0 Å². The van der Waals surface area contributed by atoms with Gasteiger partial charge in [-0.3, -0.25) is 4.79 Å². The molecule has 1 N–H and O–H groups in total. The van der Waals surface area contributed by atoms with Crippen LogP contribution in [0, 0.1) is 11.6 Å². The molecule has 0 saturated heterocycles. The minimum absolute atomic E-state index is 0.222. The maximum absolute atomic E-state index is 13.5. The molecule has 0 aliphatic carbocycles. The minimum atomic E-state index is -0.877. The molecule has 0 radical (unpaired) electrons. The Hall–Kier alpha value is -1.49. The Labute approximate surface area is 98.4 Å². The van der Waals surface area contributed by atoms with E-state index in [9.17, 15) is 13.6 Å². The molecule has 0 bridgehead atoms. The van der Waals surface area contributed by atoms with Gasteiger partial charge >= 0.3 is 0 Å². The van der Waals surface area contributed by atoms with E-state index in [2.05, 4.69) is 20.9 Å². The molecule has 0 unspecified atom stereocenters. The summed E-state index contributed by atoms with van der Waals surface area (Å²) in [6, 6.07) is 3.58. The molecule has 2 rings (SSSR count). The van der Waals surface area contributed by atoms with Crippen molar-refractivity contribution in [3.05, 3.63) is 57.8 Å². The van der Waals surface area contributed by atoms with E-state index in [1.165, 1.54) is 18.5 Å². The fourth-order valence-corrected chi connectivity index (χ4v) is 1.77. The van der Waals surface area contributed by atoms with Crippen LogP contribution in [0.2, 0.25) is 0 Å². The molecule has 16 heavy (non-hydrogen) atoms. The zero-order chi connectivity index (χ0) is 11.7. The Morgan fingerprint density at radius 1 is 1.25 bits per heavy atom. The molecule has 0 aliphatic heterocycles. The normalized spacial score (nSPS) is 10.4. The van der Waals surface area contributed by atoms with Crippen LogP contribution in [0.4, 0.5) is 8.78 Å². The van der Waals surface area contributed by atoms with Crippen LogP contribution in [-0.2, 0) is 0 Å². The summed E-state index contributed by atoms with van der Waals surface area (Å²) in [5.41, 5.74) is -0.317.